The maximum Gasteiger partial charge on any atom is 0.0931 e. The van der Waals surface area contributed by atoms with Crippen LogP contribution in [0.1, 0.15) is 38.1 Å². The molecule has 1 aromatic rings. The molecule has 0 bridgehead atoms. The van der Waals surface area contributed by atoms with Crippen molar-refractivity contribution < 1.29 is 0 Å². The summed E-state index contributed by atoms with van der Waals surface area (Å²) in [7, 11) is 0. The van der Waals surface area contributed by atoms with Crippen LogP contribution >= 0.6 is 22.9 Å². The average Bonchev–Trinajstić information content (AvgIpc) is 2.86. The maximum absolute atomic E-state index is 6.41. The summed E-state index contributed by atoms with van der Waals surface area (Å²) in [6, 6.07) is 4.63. The van der Waals surface area contributed by atoms with Crippen LogP contribution in [0.3, 0.4) is 0 Å². The first-order valence-electron chi connectivity index (χ1n) is 7.98. The van der Waals surface area contributed by atoms with Crippen molar-refractivity contribution in [2.45, 2.75) is 39.3 Å². The highest BCUT2D eigenvalue weighted by Gasteiger charge is 2.29. The van der Waals surface area contributed by atoms with E-state index in [-0.39, 0.29) is 6.04 Å². The van der Waals surface area contributed by atoms with Crippen molar-refractivity contribution in [1.29, 1.82) is 0 Å². The highest BCUT2D eigenvalue weighted by molar-refractivity contribution is 7.16. The molecule has 2 rings (SSSR count). The molecule has 3 nitrogen and oxygen atoms in total. The van der Waals surface area contributed by atoms with E-state index in [4.69, 9.17) is 17.3 Å². The summed E-state index contributed by atoms with van der Waals surface area (Å²) in [5, 5.41) is 0. The standard InChI is InChI=1S/C16H28ClN3S/c1-4-13(18)16(14-5-6-15(17)21-14)20-9-7-19(8-10-20)11-12(2)3/h5-6,12-13,16H,4,7-11,18H2,1-3H3. The van der Waals surface area contributed by atoms with Gasteiger partial charge in [0.15, 0.2) is 0 Å². The van der Waals surface area contributed by atoms with Gasteiger partial charge in [-0.3, -0.25) is 4.90 Å². The monoisotopic (exact) mass is 329 g/mol. The fourth-order valence-electron chi connectivity index (χ4n) is 3.11. The first-order chi connectivity index (χ1) is 10.0. The number of piperazine rings is 1. The molecule has 21 heavy (non-hydrogen) atoms. The number of nitrogens with two attached hydrogens (primary N) is 1. The highest BCUT2D eigenvalue weighted by Crippen LogP contribution is 2.33. The Hall–Kier alpha value is -0.130. The summed E-state index contributed by atoms with van der Waals surface area (Å²) in [5.74, 6) is 0.737. The largest absolute Gasteiger partial charge is 0.326 e. The van der Waals surface area contributed by atoms with E-state index in [2.05, 4.69) is 36.6 Å². The van der Waals surface area contributed by atoms with Crippen molar-refractivity contribution in [1.82, 2.24) is 9.80 Å². The molecule has 0 saturated carbocycles. The van der Waals surface area contributed by atoms with Gasteiger partial charge >= 0.3 is 0 Å². The van der Waals surface area contributed by atoms with Crippen molar-refractivity contribution in [3.63, 3.8) is 0 Å². The predicted octanol–water partition coefficient (Wildman–Crippen LogP) is 3.45. The van der Waals surface area contributed by atoms with Crippen LogP contribution in [0.2, 0.25) is 4.34 Å². The van der Waals surface area contributed by atoms with Gasteiger partial charge in [-0.25, -0.2) is 0 Å². The molecule has 0 radical (unpaired) electrons. The maximum atomic E-state index is 6.41. The summed E-state index contributed by atoms with van der Waals surface area (Å²) in [4.78, 5) is 6.43. The Morgan fingerprint density at radius 3 is 2.38 bits per heavy atom. The van der Waals surface area contributed by atoms with Gasteiger partial charge in [0.05, 0.1) is 10.4 Å². The molecule has 5 heteroatoms. The Labute approximate surface area is 138 Å². The summed E-state index contributed by atoms with van der Waals surface area (Å²) >= 11 is 7.80. The lowest BCUT2D eigenvalue weighted by Gasteiger charge is -2.41. The van der Waals surface area contributed by atoms with E-state index in [9.17, 15) is 0 Å². The molecule has 1 aliphatic heterocycles. The summed E-state index contributed by atoms with van der Waals surface area (Å²) in [6.07, 6.45) is 0.992. The minimum absolute atomic E-state index is 0.177. The van der Waals surface area contributed by atoms with Crippen LogP contribution < -0.4 is 5.73 Å². The van der Waals surface area contributed by atoms with Crippen molar-refractivity contribution in [3.05, 3.63) is 21.3 Å². The van der Waals surface area contributed by atoms with E-state index in [0.29, 0.717) is 6.04 Å². The third-order valence-electron chi connectivity index (χ3n) is 4.19. The van der Waals surface area contributed by atoms with Crippen molar-refractivity contribution >= 4 is 22.9 Å². The number of nitrogens with zero attached hydrogens (tertiary/aromatic N) is 2. The van der Waals surface area contributed by atoms with Crippen LogP contribution in [0, 0.1) is 5.92 Å². The molecular weight excluding hydrogens is 302 g/mol. The van der Waals surface area contributed by atoms with Gasteiger partial charge in [0.2, 0.25) is 0 Å². The zero-order valence-corrected chi connectivity index (χ0v) is 15.0. The third-order valence-corrected chi connectivity index (χ3v) is 5.49. The first kappa shape index (κ1) is 17.2. The minimum Gasteiger partial charge on any atom is -0.326 e. The Morgan fingerprint density at radius 2 is 1.90 bits per heavy atom. The normalized spacial score (nSPS) is 20.9. The second kappa shape index (κ2) is 7.93. The highest BCUT2D eigenvalue weighted by atomic mass is 35.5. The van der Waals surface area contributed by atoms with Crippen LogP contribution in [-0.2, 0) is 0 Å². The molecule has 1 aliphatic rings. The number of thiophene rings is 1. The molecule has 2 atom stereocenters. The second-order valence-corrected chi connectivity index (χ2v) is 8.14. The van der Waals surface area contributed by atoms with Crippen molar-refractivity contribution in [3.8, 4) is 0 Å². The molecule has 0 aromatic carbocycles. The van der Waals surface area contributed by atoms with Gasteiger partial charge in [-0.2, -0.15) is 0 Å². The number of hydrogen-bond acceptors (Lipinski definition) is 4. The van der Waals surface area contributed by atoms with E-state index in [0.717, 1.165) is 42.9 Å². The lowest BCUT2D eigenvalue weighted by atomic mass is 10.0. The summed E-state index contributed by atoms with van der Waals surface area (Å²) in [6.45, 7) is 12.4. The molecule has 120 valence electrons. The van der Waals surface area contributed by atoms with Crippen LogP contribution in [0.15, 0.2) is 12.1 Å². The fraction of sp³-hybridized carbons (Fsp3) is 0.750. The molecule has 0 aliphatic carbocycles. The van der Waals surface area contributed by atoms with Gasteiger partial charge in [-0.05, 0) is 24.5 Å². The summed E-state index contributed by atoms with van der Waals surface area (Å²) in [5.41, 5.74) is 6.41. The van der Waals surface area contributed by atoms with E-state index in [1.165, 1.54) is 11.4 Å². The fourth-order valence-corrected chi connectivity index (χ4v) is 4.38. The zero-order valence-electron chi connectivity index (χ0n) is 13.4. The zero-order chi connectivity index (χ0) is 15.4. The van der Waals surface area contributed by atoms with Gasteiger partial charge in [-0.15, -0.1) is 11.3 Å². The van der Waals surface area contributed by atoms with E-state index in [1.54, 1.807) is 11.3 Å². The smallest absolute Gasteiger partial charge is 0.0931 e. The Morgan fingerprint density at radius 1 is 1.24 bits per heavy atom. The lowest BCUT2D eigenvalue weighted by molar-refractivity contribution is 0.0789. The Kier molecular flexibility index (Phi) is 6.51. The van der Waals surface area contributed by atoms with E-state index < -0.39 is 0 Å². The number of halogens is 1. The lowest BCUT2D eigenvalue weighted by Crippen LogP contribution is -2.51. The number of rotatable bonds is 6. The molecule has 2 heterocycles. The first-order valence-corrected chi connectivity index (χ1v) is 9.18. The third kappa shape index (κ3) is 4.67. The van der Waals surface area contributed by atoms with Gasteiger partial charge in [0.1, 0.15) is 0 Å². The average molecular weight is 330 g/mol. The minimum atomic E-state index is 0.177. The molecular formula is C16H28ClN3S. The predicted molar refractivity (Wildman–Crippen MR) is 93.2 cm³/mol. The molecule has 2 N–H and O–H groups in total. The Bertz CT molecular complexity index is 427. The molecule has 0 spiro atoms. The van der Waals surface area contributed by atoms with Gasteiger partial charge in [0.25, 0.3) is 0 Å². The molecule has 1 aromatic heterocycles. The molecule has 1 saturated heterocycles. The van der Waals surface area contributed by atoms with Gasteiger partial charge < -0.3 is 10.6 Å². The van der Waals surface area contributed by atoms with Crippen LogP contribution in [0.4, 0.5) is 0 Å². The molecule has 2 unspecified atom stereocenters. The second-order valence-electron chi connectivity index (χ2n) is 6.39. The van der Waals surface area contributed by atoms with Crippen LogP contribution in [0.25, 0.3) is 0 Å². The quantitative estimate of drug-likeness (QED) is 0.867. The van der Waals surface area contributed by atoms with Gasteiger partial charge in [-0.1, -0.05) is 32.4 Å². The topological polar surface area (TPSA) is 32.5 Å². The van der Waals surface area contributed by atoms with E-state index >= 15 is 0 Å². The number of hydrogen-bond donors (Lipinski definition) is 1. The summed E-state index contributed by atoms with van der Waals surface area (Å²) < 4.78 is 0.858. The van der Waals surface area contributed by atoms with Crippen LogP contribution in [0.5, 0.6) is 0 Å². The van der Waals surface area contributed by atoms with Crippen LogP contribution in [-0.4, -0.2) is 48.6 Å². The van der Waals surface area contributed by atoms with Crippen molar-refractivity contribution in [2.24, 2.45) is 11.7 Å². The Balaban J connectivity index is 2.02. The SMILES string of the molecule is CCC(N)C(c1ccc(Cl)s1)N1CCN(CC(C)C)CC1. The van der Waals surface area contributed by atoms with Gasteiger partial charge in [0, 0.05) is 43.6 Å². The van der Waals surface area contributed by atoms with E-state index in [1.807, 2.05) is 6.07 Å². The van der Waals surface area contributed by atoms with Crippen molar-refractivity contribution in [2.75, 3.05) is 32.7 Å². The molecule has 0 amide bonds. The molecule has 1 fully saturated rings.